The molecular weight excluding hydrogens is 400 g/mol. The molecule has 1 aliphatic rings. The van der Waals surface area contributed by atoms with Crippen LogP contribution in [0.15, 0.2) is 42.5 Å². The van der Waals surface area contributed by atoms with Gasteiger partial charge in [-0.15, -0.1) is 11.3 Å². The van der Waals surface area contributed by atoms with Crippen molar-refractivity contribution in [3.63, 3.8) is 0 Å². The van der Waals surface area contributed by atoms with Crippen molar-refractivity contribution in [3.05, 3.63) is 64.0 Å². The van der Waals surface area contributed by atoms with Crippen LogP contribution in [0.2, 0.25) is 0 Å². The minimum atomic E-state index is -0.445. The first kappa shape index (κ1) is 20.1. The number of thiophene rings is 1. The van der Waals surface area contributed by atoms with Gasteiger partial charge in [-0.05, 0) is 35.7 Å². The molecule has 0 atom stereocenters. The van der Waals surface area contributed by atoms with Crippen LogP contribution in [0.4, 0.5) is 5.00 Å². The van der Waals surface area contributed by atoms with E-state index < -0.39 is 5.97 Å². The largest absolute Gasteiger partial charge is 0.462 e. The first-order valence-electron chi connectivity index (χ1n) is 9.86. The van der Waals surface area contributed by atoms with E-state index in [1.807, 2.05) is 36.4 Å². The Labute approximate surface area is 178 Å². The van der Waals surface area contributed by atoms with Gasteiger partial charge in [-0.25, -0.2) is 4.79 Å². The molecule has 0 unspecified atom stereocenters. The van der Waals surface area contributed by atoms with E-state index in [2.05, 4.69) is 5.32 Å². The third-order valence-corrected chi connectivity index (χ3v) is 6.38. The van der Waals surface area contributed by atoms with Gasteiger partial charge in [0.15, 0.2) is 0 Å². The minimum absolute atomic E-state index is 0.00641. The number of rotatable bonds is 4. The van der Waals surface area contributed by atoms with Crippen LogP contribution in [0.3, 0.4) is 0 Å². The van der Waals surface area contributed by atoms with Gasteiger partial charge in [0, 0.05) is 23.9 Å². The van der Waals surface area contributed by atoms with Gasteiger partial charge in [-0.3, -0.25) is 9.59 Å². The summed E-state index contributed by atoms with van der Waals surface area (Å²) in [5.41, 5.74) is 1.82. The maximum Gasteiger partial charge on any atom is 0.341 e. The third kappa shape index (κ3) is 3.68. The number of carbonyl (C=O) groups is 3. The lowest BCUT2D eigenvalue weighted by Gasteiger charge is -2.25. The number of amides is 2. The Hall–Kier alpha value is -3.19. The van der Waals surface area contributed by atoms with E-state index in [-0.39, 0.29) is 18.4 Å². The summed E-state index contributed by atoms with van der Waals surface area (Å²) in [5.74, 6) is -0.730. The lowest BCUT2D eigenvalue weighted by Crippen LogP contribution is -2.34. The highest BCUT2D eigenvalue weighted by molar-refractivity contribution is 7.17. The maximum absolute atomic E-state index is 13.1. The van der Waals surface area contributed by atoms with Crippen molar-refractivity contribution in [1.82, 2.24) is 4.90 Å². The van der Waals surface area contributed by atoms with E-state index in [9.17, 15) is 14.4 Å². The highest BCUT2D eigenvalue weighted by Gasteiger charge is 2.30. The molecule has 2 aromatic carbocycles. The van der Waals surface area contributed by atoms with Crippen LogP contribution >= 0.6 is 11.3 Å². The summed E-state index contributed by atoms with van der Waals surface area (Å²) in [6.45, 7) is 4.52. The van der Waals surface area contributed by atoms with Crippen LogP contribution in [-0.4, -0.2) is 35.8 Å². The van der Waals surface area contributed by atoms with Crippen molar-refractivity contribution in [1.29, 1.82) is 0 Å². The average Bonchev–Trinajstić information content (AvgIpc) is 3.10. The zero-order valence-corrected chi connectivity index (χ0v) is 17.7. The zero-order valence-electron chi connectivity index (χ0n) is 16.9. The molecule has 3 aromatic rings. The zero-order chi connectivity index (χ0) is 21.3. The van der Waals surface area contributed by atoms with E-state index in [4.69, 9.17) is 4.74 Å². The molecule has 30 heavy (non-hydrogen) atoms. The standard InChI is InChI=1S/C23H22N2O4S/c1-3-29-23(28)20-18-11-12-25(14(2)26)13-19(18)30-22(20)24-21(27)17-10-6-8-15-7-4-5-9-16(15)17/h4-10H,3,11-13H2,1-2H3,(H,24,27). The molecule has 154 valence electrons. The fraction of sp³-hybridized carbons (Fsp3) is 0.261. The molecule has 0 fully saturated rings. The molecule has 0 bridgehead atoms. The van der Waals surface area contributed by atoms with E-state index >= 15 is 0 Å². The van der Waals surface area contributed by atoms with Crippen molar-refractivity contribution in [2.24, 2.45) is 0 Å². The third-order valence-electron chi connectivity index (χ3n) is 5.24. The molecule has 0 saturated heterocycles. The van der Waals surface area contributed by atoms with E-state index in [1.54, 1.807) is 17.9 Å². The molecule has 1 aromatic heterocycles. The number of hydrogen-bond donors (Lipinski definition) is 1. The number of ether oxygens (including phenoxy) is 1. The predicted octanol–water partition coefficient (Wildman–Crippen LogP) is 4.23. The van der Waals surface area contributed by atoms with Crippen molar-refractivity contribution in [2.45, 2.75) is 26.8 Å². The second kappa shape index (κ2) is 8.28. The highest BCUT2D eigenvalue weighted by atomic mass is 32.1. The number of benzene rings is 2. The fourth-order valence-electron chi connectivity index (χ4n) is 3.77. The molecule has 2 amide bonds. The molecule has 1 N–H and O–H groups in total. The Morgan fingerprint density at radius 3 is 2.67 bits per heavy atom. The molecule has 2 heterocycles. The second-order valence-corrected chi connectivity index (χ2v) is 8.20. The minimum Gasteiger partial charge on any atom is -0.462 e. The van der Waals surface area contributed by atoms with Crippen LogP contribution in [0.5, 0.6) is 0 Å². The van der Waals surface area contributed by atoms with Crippen LogP contribution in [0, 0.1) is 0 Å². The summed E-state index contributed by atoms with van der Waals surface area (Å²) in [7, 11) is 0. The Balaban J connectivity index is 1.72. The topological polar surface area (TPSA) is 75.7 Å². The molecule has 0 spiro atoms. The average molecular weight is 423 g/mol. The lowest BCUT2D eigenvalue weighted by molar-refractivity contribution is -0.129. The molecule has 0 saturated carbocycles. The molecule has 6 nitrogen and oxygen atoms in total. The monoisotopic (exact) mass is 422 g/mol. The number of esters is 1. The Morgan fingerprint density at radius 2 is 1.90 bits per heavy atom. The number of anilines is 1. The Kier molecular flexibility index (Phi) is 5.55. The molecule has 0 aliphatic carbocycles. The van der Waals surface area contributed by atoms with Crippen molar-refractivity contribution < 1.29 is 19.1 Å². The number of fused-ring (bicyclic) bond motifs is 2. The predicted molar refractivity (Wildman–Crippen MR) is 117 cm³/mol. The van der Waals surface area contributed by atoms with Crippen LogP contribution in [-0.2, 0) is 22.5 Å². The van der Waals surface area contributed by atoms with Crippen LogP contribution in [0.25, 0.3) is 10.8 Å². The molecule has 7 heteroatoms. The van der Waals surface area contributed by atoms with Crippen LogP contribution < -0.4 is 5.32 Å². The summed E-state index contributed by atoms with van der Waals surface area (Å²) in [4.78, 5) is 40.3. The molecule has 1 aliphatic heterocycles. The normalized spacial score (nSPS) is 13.1. The summed E-state index contributed by atoms with van der Waals surface area (Å²) in [6.07, 6.45) is 0.559. The first-order chi connectivity index (χ1) is 14.5. The summed E-state index contributed by atoms with van der Waals surface area (Å²) in [5, 5.41) is 5.23. The van der Waals surface area contributed by atoms with Gasteiger partial charge in [0.1, 0.15) is 5.00 Å². The smallest absolute Gasteiger partial charge is 0.341 e. The van der Waals surface area contributed by atoms with Gasteiger partial charge >= 0.3 is 5.97 Å². The molecule has 0 radical (unpaired) electrons. The van der Waals surface area contributed by atoms with Gasteiger partial charge in [0.2, 0.25) is 5.91 Å². The number of hydrogen-bond acceptors (Lipinski definition) is 5. The second-order valence-electron chi connectivity index (χ2n) is 7.10. The van der Waals surface area contributed by atoms with Crippen molar-refractivity contribution >= 4 is 44.9 Å². The van der Waals surface area contributed by atoms with E-state index in [0.717, 1.165) is 21.2 Å². The number of nitrogens with zero attached hydrogens (tertiary/aromatic N) is 1. The fourth-order valence-corrected chi connectivity index (χ4v) is 5.02. The van der Waals surface area contributed by atoms with Gasteiger partial charge < -0.3 is 15.0 Å². The highest BCUT2D eigenvalue weighted by Crippen LogP contribution is 2.38. The number of carbonyl (C=O) groups excluding carboxylic acids is 3. The van der Waals surface area contributed by atoms with Crippen LogP contribution in [0.1, 0.15) is 45.0 Å². The van der Waals surface area contributed by atoms with Gasteiger partial charge in [-0.2, -0.15) is 0 Å². The summed E-state index contributed by atoms with van der Waals surface area (Å²) in [6, 6.07) is 13.2. The SMILES string of the molecule is CCOC(=O)c1c(NC(=O)c2cccc3ccccc23)sc2c1CCN(C(C)=O)C2. The van der Waals surface area contributed by atoms with Gasteiger partial charge in [-0.1, -0.05) is 36.4 Å². The maximum atomic E-state index is 13.1. The van der Waals surface area contributed by atoms with Gasteiger partial charge in [0.05, 0.1) is 18.7 Å². The quantitative estimate of drug-likeness (QED) is 0.639. The van der Waals surface area contributed by atoms with Crippen molar-refractivity contribution in [3.8, 4) is 0 Å². The van der Waals surface area contributed by atoms with Gasteiger partial charge in [0.25, 0.3) is 5.91 Å². The Morgan fingerprint density at radius 1 is 1.13 bits per heavy atom. The molecule has 4 rings (SSSR count). The van der Waals surface area contributed by atoms with Crippen molar-refractivity contribution in [2.75, 3.05) is 18.5 Å². The molecular formula is C23H22N2O4S. The summed E-state index contributed by atoms with van der Waals surface area (Å²) >= 11 is 1.34. The van der Waals surface area contributed by atoms with E-state index in [0.29, 0.717) is 35.6 Å². The van der Waals surface area contributed by atoms with E-state index in [1.165, 1.54) is 18.3 Å². The number of nitrogens with one attached hydrogen (secondary N) is 1. The first-order valence-corrected chi connectivity index (χ1v) is 10.7. The lowest BCUT2D eigenvalue weighted by atomic mass is 10.0. The Bertz CT molecular complexity index is 1150. The summed E-state index contributed by atoms with van der Waals surface area (Å²) < 4.78 is 5.26.